The van der Waals surface area contributed by atoms with Crippen molar-refractivity contribution < 1.29 is 13.9 Å². The highest BCUT2D eigenvalue weighted by Gasteiger charge is 2.25. The van der Waals surface area contributed by atoms with Crippen LogP contribution in [0.5, 0.6) is 11.5 Å². The summed E-state index contributed by atoms with van der Waals surface area (Å²) in [6.45, 7) is 3.92. The van der Waals surface area contributed by atoms with Crippen molar-refractivity contribution in [3.8, 4) is 11.5 Å². The van der Waals surface area contributed by atoms with E-state index in [1.165, 1.54) is 13.8 Å². The summed E-state index contributed by atoms with van der Waals surface area (Å²) >= 11 is 0. The molecule has 1 heterocycles. The summed E-state index contributed by atoms with van der Waals surface area (Å²) in [5, 5.41) is 3.03. The van der Waals surface area contributed by atoms with Gasteiger partial charge in [-0.15, -0.1) is 0 Å². The number of rotatable bonds is 3. The van der Waals surface area contributed by atoms with E-state index in [2.05, 4.69) is 5.32 Å². The molecule has 0 aromatic heterocycles. The second-order valence-electron chi connectivity index (χ2n) is 4.37. The maximum atomic E-state index is 13.9. The van der Waals surface area contributed by atoms with Crippen molar-refractivity contribution in [1.82, 2.24) is 5.32 Å². The first kappa shape index (κ1) is 11.2. The number of nitrogens with one attached hydrogen (secondary N) is 1. The number of fused-ring (bicyclic) bond motifs is 1. The summed E-state index contributed by atoms with van der Waals surface area (Å²) in [5.74, 6) is 1.36. The van der Waals surface area contributed by atoms with Crippen molar-refractivity contribution in [3.05, 3.63) is 23.3 Å². The second kappa shape index (κ2) is 3.94. The van der Waals surface area contributed by atoms with Gasteiger partial charge < -0.3 is 14.8 Å². The zero-order chi connectivity index (χ0) is 11.8. The molecule has 88 valence electrons. The molecule has 16 heavy (non-hydrogen) atoms. The van der Waals surface area contributed by atoms with Crippen molar-refractivity contribution in [2.75, 3.05) is 13.8 Å². The third-order valence-corrected chi connectivity index (χ3v) is 2.60. The van der Waals surface area contributed by atoms with Gasteiger partial charge in [0.2, 0.25) is 6.79 Å². The summed E-state index contributed by atoms with van der Waals surface area (Å²) in [7, 11) is 1.84. The predicted octanol–water partition coefficient (Wildman–Crippen LogP) is 2.34. The maximum Gasteiger partial charge on any atom is 0.231 e. The molecule has 1 N–H and O–H groups in total. The van der Waals surface area contributed by atoms with E-state index in [0.717, 1.165) is 11.3 Å². The minimum absolute atomic E-state index is 0.211. The normalized spacial score (nSPS) is 14.2. The average molecular weight is 225 g/mol. The van der Waals surface area contributed by atoms with Gasteiger partial charge in [-0.25, -0.2) is 4.39 Å². The van der Waals surface area contributed by atoms with Gasteiger partial charge in [-0.05, 0) is 38.6 Å². The molecule has 0 spiro atoms. The van der Waals surface area contributed by atoms with Gasteiger partial charge in [-0.3, -0.25) is 0 Å². The Morgan fingerprint density at radius 1 is 1.38 bits per heavy atom. The molecule has 1 aromatic carbocycles. The van der Waals surface area contributed by atoms with E-state index in [0.29, 0.717) is 17.9 Å². The molecule has 2 rings (SSSR count). The first-order valence-corrected chi connectivity index (χ1v) is 5.29. The van der Waals surface area contributed by atoms with Gasteiger partial charge in [-0.1, -0.05) is 0 Å². The van der Waals surface area contributed by atoms with Gasteiger partial charge in [0.1, 0.15) is 5.67 Å². The number of ether oxygens (including phenoxy) is 2. The highest BCUT2D eigenvalue weighted by atomic mass is 19.1. The van der Waals surface area contributed by atoms with E-state index in [9.17, 15) is 4.39 Å². The lowest BCUT2D eigenvalue weighted by molar-refractivity contribution is 0.172. The molecule has 0 aliphatic carbocycles. The van der Waals surface area contributed by atoms with Gasteiger partial charge in [0.05, 0.1) is 0 Å². The van der Waals surface area contributed by atoms with Crippen molar-refractivity contribution in [2.45, 2.75) is 26.1 Å². The van der Waals surface area contributed by atoms with E-state index in [4.69, 9.17) is 9.47 Å². The quantitative estimate of drug-likeness (QED) is 0.856. The number of benzene rings is 1. The number of hydrogen-bond donors (Lipinski definition) is 1. The van der Waals surface area contributed by atoms with Crippen LogP contribution in [0.2, 0.25) is 0 Å². The van der Waals surface area contributed by atoms with Crippen LogP contribution in [-0.4, -0.2) is 13.8 Å². The summed E-state index contributed by atoms with van der Waals surface area (Å²) in [4.78, 5) is 0. The first-order chi connectivity index (χ1) is 7.52. The van der Waals surface area contributed by atoms with Crippen LogP contribution in [0.25, 0.3) is 0 Å². The minimum Gasteiger partial charge on any atom is -0.454 e. The van der Waals surface area contributed by atoms with Crippen molar-refractivity contribution in [3.63, 3.8) is 0 Å². The van der Waals surface area contributed by atoms with Crippen LogP contribution in [0.3, 0.4) is 0 Å². The van der Waals surface area contributed by atoms with E-state index < -0.39 is 5.67 Å². The Morgan fingerprint density at radius 3 is 2.75 bits per heavy atom. The van der Waals surface area contributed by atoms with Gasteiger partial charge in [-0.2, -0.15) is 0 Å². The van der Waals surface area contributed by atoms with E-state index >= 15 is 0 Å². The highest BCUT2D eigenvalue weighted by Crippen LogP contribution is 2.40. The fourth-order valence-electron chi connectivity index (χ4n) is 1.75. The molecule has 3 nitrogen and oxygen atoms in total. The SMILES string of the molecule is CNCc1cc(C(C)(C)F)cc2c1OCO2. The van der Waals surface area contributed by atoms with E-state index in [1.54, 1.807) is 6.07 Å². The van der Waals surface area contributed by atoms with Gasteiger partial charge in [0, 0.05) is 12.1 Å². The number of halogens is 1. The lowest BCUT2D eigenvalue weighted by Crippen LogP contribution is -2.12. The lowest BCUT2D eigenvalue weighted by Gasteiger charge is -2.17. The standard InChI is InChI=1S/C12H16FNO2/c1-12(2,13)9-4-8(6-14-3)11-10(5-9)15-7-16-11/h4-5,14H,6-7H2,1-3H3. The minimum atomic E-state index is -1.37. The summed E-state index contributed by atoms with van der Waals surface area (Å²) < 4.78 is 24.6. The first-order valence-electron chi connectivity index (χ1n) is 5.29. The van der Waals surface area contributed by atoms with E-state index in [-0.39, 0.29) is 6.79 Å². The molecule has 0 bridgehead atoms. The molecule has 0 atom stereocenters. The molecule has 0 saturated carbocycles. The van der Waals surface area contributed by atoms with Crippen LogP contribution < -0.4 is 14.8 Å². The molecule has 0 fully saturated rings. The third kappa shape index (κ3) is 1.97. The molecule has 1 aliphatic rings. The van der Waals surface area contributed by atoms with Gasteiger partial charge in [0.25, 0.3) is 0 Å². The monoisotopic (exact) mass is 225 g/mol. The highest BCUT2D eigenvalue weighted by molar-refractivity contribution is 5.52. The smallest absolute Gasteiger partial charge is 0.231 e. The van der Waals surface area contributed by atoms with Crippen molar-refractivity contribution in [1.29, 1.82) is 0 Å². The molecule has 0 unspecified atom stereocenters. The third-order valence-electron chi connectivity index (χ3n) is 2.60. The largest absolute Gasteiger partial charge is 0.454 e. The molecule has 1 aliphatic heterocycles. The fourth-order valence-corrected chi connectivity index (χ4v) is 1.75. The fraction of sp³-hybridized carbons (Fsp3) is 0.500. The van der Waals surface area contributed by atoms with Crippen LogP contribution in [-0.2, 0) is 12.2 Å². The number of hydrogen-bond acceptors (Lipinski definition) is 3. The van der Waals surface area contributed by atoms with Crippen molar-refractivity contribution in [2.24, 2.45) is 0 Å². The summed E-state index contributed by atoms with van der Waals surface area (Å²) in [5.41, 5.74) is 0.170. The van der Waals surface area contributed by atoms with Crippen LogP contribution in [0, 0.1) is 0 Å². The van der Waals surface area contributed by atoms with Gasteiger partial charge >= 0.3 is 0 Å². The molecule has 0 saturated heterocycles. The van der Waals surface area contributed by atoms with Gasteiger partial charge in [0.15, 0.2) is 11.5 Å². The Bertz CT molecular complexity index is 399. The van der Waals surface area contributed by atoms with Crippen LogP contribution in [0.15, 0.2) is 12.1 Å². The average Bonchev–Trinajstić information content (AvgIpc) is 2.64. The zero-order valence-electron chi connectivity index (χ0n) is 9.76. The Morgan fingerprint density at radius 2 is 2.12 bits per heavy atom. The topological polar surface area (TPSA) is 30.5 Å². The zero-order valence-corrected chi connectivity index (χ0v) is 9.76. The Balaban J connectivity index is 2.47. The van der Waals surface area contributed by atoms with Crippen LogP contribution in [0.4, 0.5) is 4.39 Å². The molecule has 4 heteroatoms. The lowest BCUT2D eigenvalue weighted by atomic mass is 9.97. The molecule has 1 aromatic rings. The molecular weight excluding hydrogens is 209 g/mol. The summed E-state index contributed by atoms with van der Waals surface area (Å²) in [6, 6.07) is 3.53. The Labute approximate surface area is 94.6 Å². The Hall–Kier alpha value is -1.29. The maximum absolute atomic E-state index is 13.9. The van der Waals surface area contributed by atoms with Crippen LogP contribution in [0.1, 0.15) is 25.0 Å². The number of alkyl halides is 1. The van der Waals surface area contributed by atoms with Crippen molar-refractivity contribution >= 4 is 0 Å². The Kier molecular flexibility index (Phi) is 2.76. The molecule has 0 radical (unpaired) electrons. The molecule has 0 amide bonds. The second-order valence-corrected chi connectivity index (χ2v) is 4.37. The van der Waals surface area contributed by atoms with Crippen LogP contribution >= 0.6 is 0 Å². The predicted molar refractivity (Wildman–Crippen MR) is 59.5 cm³/mol. The summed E-state index contributed by atoms with van der Waals surface area (Å²) in [6.07, 6.45) is 0. The van der Waals surface area contributed by atoms with E-state index in [1.807, 2.05) is 13.1 Å². The molecular formula is C12H16FNO2.